The lowest BCUT2D eigenvalue weighted by molar-refractivity contribution is -0.120. The van der Waals surface area contributed by atoms with Gasteiger partial charge in [-0.15, -0.1) is 0 Å². The number of sulfone groups is 1. The zero-order valence-electron chi connectivity index (χ0n) is 14.7. The van der Waals surface area contributed by atoms with Gasteiger partial charge in [0.05, 0.1) is 11.5 Å². The summed E-state index contributed by atoms with van der Waals surface area (Å²) < 4.78 is 24.3. The first-order chi connectivity index (χ1) is 11.9. The molecular weight excluding hydrogens is 360 g/mol. The van der Waals surface area contributed by atoms with Crippen molar-refractivity contribution in [3.8, 4) is 0 Å². The highest BCUT2D eigenvalue weighted by Crippen LogP contribution is 2.15. The Morgan fingerprint density at radius 2 is 2.00 bits per heavy atom. The topological polar surface area (TPSA) is 66.5 Å². The standard InChI is InChI=1S/C18H27ClN2O3S/c1-15-4-2-3-11-21(15)12-10-20-18(22)9-13-25(23,24)14-16-5-7-17(19)8-6-16/h5-8,15H,2-4,9-14H2,1H3,(H,20,22). The second kappa shape index (κ2) is 9.55. The number of nitrogens with one attached hydrogen (secondary N) is 1. The lowest BCUT2D eigenvalue weighted by atomic mass is 10.0. The fourth-order valence-corrected chi connectivity index (χ4v) is 4.54. The van der Waals surface area contributed by atoms with Crippen molar-refractivity contribution >= 4 is 27.3 Å². The van der Waals surface area contributed by atoms with Crippen LogP contribution in [0.1, 0.15) is 38.2 Å². The number of carbonyl (C=O) groups is 1. The summed E-state index contributed by atoms with van der Waals surface area (Å²) in [6, 6.07) is 7.28. The third-order valence-electron chi connectivity index (χ3n) is 4.60. The van der Waals surface area contributed by atoms with Crippen LogP contribution in [0.4, 0.5) is 0 Å². The summed E-state index contributed by atoms with van der Waals surface area (Å²) in [6.07, 6.45) is 3.69. The highest BCUT2D eigenvalue weighted by molar-refractivity contribution is 7.90. The molecule has 1 fully saturated rings. The lowest BCUT2D eigenvalue weighted by Crippen LogP contribution is -2.42. The van der Waals surface area contributed by atoms with Crippen molar-refractivity contribution < 1.29 is 13.2 Å². The Morgan fingerprint density at radius 3 is 2.68 bits per heavy atom. The average Bonchev–Trinajstić information content (AvgIpc) is 2.57. The van der Waals surface area contributed by atoms with Gasteiger partial charge in [-0.25, -0.2) is 8.42 Å². The molecule has 0 aromatic heterocycles. The van der Waals surface area contributed by atoms with Gasteiger partial charge in [-0.2, -0.15) is 0 Å². The molecule has 0 saturated carbocycles. The molecular formula is C18H27ClN2O3S. The summed E-state index contributed by atoms with van der Waals surface area (Å²) in [6.45, 7) is 4.68. The fourth-order valence-electron chi connectivity index (χ4n) is 3.07. The number of hydrogen-bond donors (Lipinski definition) is 1. The summed E-state index contributed by atoms with van der Waals surface area (Å²) in [5.41, 5.74) is 0.684. The zero-order valence-corrected chi connectivity index (χ0v) is 16.3. The Morgan fingerprint density at radius 1 is 1.28 bits per heavy atom. The number of carbonyl (C=O) groups excluding carboxylic acids is 1. The summed E-state index contributed by atoms with van der Waals surface area (Å²) >= 11 is 5.79. The van der Waals surface area contributed by atoms with Crippen LogP contribution in [0.15, 0.2) is 24.3 Å². The van der Waals surface area contributed by atoms with Gasteiger partial charge < -0.3 is 5.32 Å². The number of rotatable bonds is 8. The van der Waals surface area contributed by atoms with Crippen molar-refractivity contribution in [2.75, 3.05) is 25.4 Å². The molecule has 1 atom stereocenters. The molecule has 1 heterocycles. The molecule has 25 heavy (non-hydrogen) atoms. The molecule has 0 radical (unpaired) electrons. The lowest BCUT2D eigenvalue weighted by Gasteiger charge is -2.33. The highest BCUT2D eigenvalue weighted by Gasteiger charge is 2.18. The molecule has 0 aliphatic carbocycles. The number of amides is 1. The monoisotopic (exact) mass is 386 g/mol. The fraction of sp³-hybridized carbons (Fsp3) is 0.611. The van der Waals surface area contributed by atoms with Crippen LogP contribution in [0.25, 0.3) is 0 Å². The van der Waals surface area contributed by atoms with E-state index in [1.54, 1.807) is 24.3 Å². The molecule has 2 rings (SSSR count). The Labute approximate surface area is 155 Å². The van der Waals surface area contributed by atoms with Crippen LogP contribution >= 0.6 is 11.6 Å². The van der Waals surface area contributed by atoms with Crippen LogP contribution in [0.5, 0.6) is 0 Å². The predicted molar refractivity (Wildman–Crippen MR) is 101 cm³/mol. The molecule has 140 valence electrons. The van der Waals surface area contributed by atoms with Gasteiger partial charge in [-0.05, 0) is 44.0 Å². The van der Waals surface area contributed by atoms with Crippen LogP contribution in [0, 0.1) is 0 Å². The molecule has 1 unspecified atom stereocenters. The first-order valence-corrected chi connectivity index (χ1v) is 11.0. The van der Waals surface area contributed by atoms with Crippen LogP contribution in [0.2, 0.25) is 5.02 Å². The van der Waals surface area contributed by atoms with Gasteiger partial charge in [0.15, 0.2) is 9.84 Å². The maximum atomic E-state index is 12.1. The normalized spacial score (nSPS) is 18.9. The van der Waals surface area contributed by atoms with Crippen molar-refractivity contribution in [1.82, 2.24) is 10.2 Å². The quantitative estimate of drug-likeness (QED) is 0.745. The Balaban J connectivity index is 1.68. The molecule has 7 heteroatoms. The number of hydrogen-bond acceptors (Lipinski definition) is 4. The first-order valence-electron chi connectivity index (χ1n) is 8.81. The first kappa shape index (κ1) is 20.2. The van der Waals surface area contributed by atoms with Gasteiger partial charge in [-0.1, -0.05) is 30.2 Å². The number of likely N-dealkylation sites (tertiary alicyclic amines) is 1. The van der Waals surface area contributed by atoms with Crippen molar-refractivity contribution in [1.29, 1.82) is 0 Å². The summed E-state index contributed by atoms with van der Waals surface area (Å²) in [5, 5.41) is 3.40. The van der Waals surface area contributed by atoms with E-state index in [0.29, 0.717) is 23.2 Å². The second-order valence-electron chi connectivity index (χ2n) is 6.70. The average molecular weight is 387 g/mol. The van der Waals surface area contributed by atoms with Gasteiger partial charge in [0.25, 0.3) is 0 Å². The van der Waals surface area contributed by atoms with Crippen molar-refractivity contribution in [2.24, 2.45) is 0 Å². The summed E-state index contributed by atoms with van der Waals surface area (Å²) in [5.74, 6) is -0.408. The van der Waals surface area contributed by atoms with Gasteiger partial charge in [0.2, 0.25) is 5.91 Å². The minimum absolute atomic E-state index is 0.00543. The van der Waals surface area contributed by atoms with E-state index in [0.717, 1.165) is 13.1 Å². The molecule has 1 saturated heterocycles. The minimum atomic E-state index is -3.31. The SMILES string of the molecule is CC1CCCCN1CCNC(=O)CCS(=O)(=O)Cc1ccc(Cl)cc1. The zero-order chi connectivity index (χ0) is 18.3. The third kappa shape index (κ3) is 7.34. The predicted octanol–water partition coefficient (Wildman–Crippen LogP) is 2.64. The van der Waals surface area contributed by atoms with E-state index in [4.69, 9.17) is 11.6 Å². The van der Waals surface area contributed by atoms with Crippen molar-refractivity contribution in [3.63, 3.8) is 0 Å². The molecule has 1 N–H and O–H groups in total. The van der Waals surface area contributed by atoms with Crippen molar-refractivity contribution in [2.45, 2.75) is 44.4 Å². The maximum Gasteiger partial charge on any atom is 0.221 e. The largest absolute Gasteiger partial charge is 0.355 e. The number of halogens is 1. The Bertz CT molecular complexity index is 661. The van der Waals surface area contributed by atoms with Crippen LogP contribution in [-0.2, 0) is 20.4 Å². The van der Waals surface area contributed by atoms with E-state index < -0.39 is 9.84 Å². The molecule has 1 aliphatic rings. The van der Waals surface area contributed by atoms with Crippen LogP contribution < -0.4 is 5.32 Å². The molecule has 0 spiro atoms. The van der Waals surface area contributed by atoms with E-state index in [1.165, 1.54) is 19.3 Å². The van der Waals surface area contributed by atoms with Gasteiger partial charge in [0.1, 0.15) is 0 Å². The summed E-state index contributed by atoms with van der Waals surface area (Å²) in [7, 11) is -3.31. The third-order valence-corrected chi connectivity index (χ3v) is 6.45. The maximum absolute atomic E-state index is 12.1. The van der Waals surface area contributed by atoms with Crippen LogP contribution in [-0.4, -0.2) is 50.7 Å². The molecule has 1 amide bonds. The number of nitrogens with zero attached hydrogens (tertiary/aromatic N) is 1. The molecule has 0 bridgehead atoms. The minimum Gasteiger partial charge on any atom is -0.355 e. The van der Waals surface area contributed by atoms with Crippen molar-refractivity contribution in [3.05, 3.63) is 34.9 Å². The molecule has 5 nitrogen and oxygen atoms in total. The highest BCUT2D eigenvalue weighted by atomic mass is 35.5. The van der Waals surface area contributed by atoms with E-state index in [9.17, 15) is 13.2 Å². The van der Waals surface area contributed by atoms with Crippen LogP contribution in [0.3, 0.4) is 0 Å². The molecule has 1 aromatic carbocycles. The van der Waals surface area contributed by atoms with Gasteiger partial charge in [0, 0.05) is 30.6 Å². The van der Waals surface area contributed by atoms with E-state index in [-0.39, 0.29) is 23.8 Å². The molecule has 1 aromatic rings. The second-order valence-corrected chi connectivity index (χ2v) is 9.32. The number of piperidine rings is 1. The van der Waals surface area contributed by atoms with E-state index in [1.807, 2.05) is 0 Å². The number of benzene rings is 1. The smallest absolute Gasteiger partial charge is 0.221 e. The van der Waals surface area contributed by atoms with Gasteiger partial charge in [-0.3, -0.25) is 9.69 Å². The van der Waals surface area contributed by atoms with E-state index in [2.05, 4.69) is 17.1 Å². The van der Waals surface area contributed by atoms with Gasteiger partial charge >= 0.3 is 0 Å². The van der Waals surface area contributed by atoms with E-state index >= 15 is 0 Å². The Kier molecular flexibility index (Phi) is 7.72. The Hall–Kier alpha value is -1.11. The summed E-state index contributed by atoms with van der Waals surface area (Å²) in [4.78, 5) is 14.3. The molecule has 1 aliphatic heterocycles.